The number of aromatic nitrogens is 2. The van der Waals surface area contributed by atoms with E-state index in [0.717, 1.165) is 33.7 Å². The average molecular weight is 401 g/mol. The SMILES string of the molecule is CCC1=C(c2cc(F)c3nc(C)cn3c2)N=C2C=CC(Br)=CN2C1C. The van der Waals surface area contributed by atoms with Crippen LogP contribution < -0.4 is 0 Å². The van der Waals surface area contributed by atoms with Crippen molar-refractivity contribution in [2.75, 3.05) is 0 Å². The van der Waals surface area contributed by atoms with Gasteiger partial charge in [-0.2, -0.15) is 0 Å². The fourth-order valence-electron chi connectivity index (χ4n) is 3.46. The van der Waals surface area contributed by atoms with Crippen LogP contribution in [0.5, 0.6) is 0 Å². The van der Waals surface area contributed by atoms with Crippen molar-refractivity contribution in [3.63, 3.8) is 0 Å². The molecule has 0 fully saturated rings. The zero-order valence-corrected chi connectivity index (χ0v) is 15.9. The van der Waals surface area contributed by atoms with Gasteiger partial charge in [-0.3, -0.25) is 0 Å². The van der Waals surface area contributed by atoms with Crippen LogP contribution in [-0.4, -0.2) is 26.2 Å². The lowest BCUT2D eigenvalue weighted by Gasteiger charge is -2.36. The number of hydrogen-bond acceptors (Lipinski definition) is 3. The Morgan fingerprint density at radius 3 is 2.84 bits per heavy atom. The summed E-state index contributed by atoms with van der Waals surface area (Å²) in [6.45, 7) is 6.13. The minimum atomic E-state index is -0.328. The summed E-state index contributed by atoms with van der Waals surface area (Å²) >= 11 is 3.52. The van der Waals surface area contributed by atoms with Gasteiger partial charge in [0.1, 0.15) is 5.84 Å². The lowest BCUT2D eigenvalue weighted by Crippen LogP contribution is -2.38. The van der Waals surface area contributed by atoms with E-state index in [0.29, 0.717) is 5.65 Å². The molecule has 0 N–H and O–H groups in total. The third-order valence-corrected chi connectivity index (χ3v) is 5.12. The normalized spacial score (nSPS) is 20.0. The maximum Gasteiger partial charge on any atom is 0.173 e. The molecule has 0 aliphatic carbocycles. The third kappa shape index (κ3) is 2.65. The Morgan fingerprint density at radius 2 is 2.08 bits per heavy atom. The van der Waals surface area contributed by atoms with Crippen LogP contribution in [0.15, 0.2) is 51.9 Å². The van der Waals surface area contributed by atoms with Gasteiger partial charge in [-0.15, -0.1) is 0 Å². The number of aliphatic imine (C=N–C) groups is 1. The number of allylic oxidation sites excluding steroid dienone is 2. The van der Waals surface area contributed by atoms with Gasteiger partial charge in [-0.05, 0) is 60.0 Å². The average Bonchev–Trinajstić information content (AvgIpc) is 2.96. The fraction of sp³-hybridized carbons (Fsp3) is 0.263. The van der Waals surface area contributed by atoms with E-state index in [1.165, 1.54) is 11.6 Å². The van der Waals surface area contributed by atoms with Crippen LogP contribution in [0.4, 0.5) is 4.39 Å². The molecule has 0 saturated heterocycles. The third-order valence-electron chi connectivity index (χ3n) is 4.65. The molecule has 1 unspecified atom stereocenters. The zero-order valence-electron chi connectivity index (χ0n) is 14.3. The Morgan fingerprint density at radius 1 is 1.28 bits per heavy atom. The highest BCUT2D eigenvalue weighted by atomic mass is 79.9. The Hall–Kier alpha value is -2.21. The highest BCUT2D eigenvalue weighted by Crippen LogP contribution is 2.34. The van der Waals surface area contributed by atoms with E-state index < -0.39 is 0 Å². The molecule has 0 bridgehead atoms. The van der Waals surface area contributed by atoms with Crippen molar-refractivity contribution < 1.29 is 4.39 Å². The van der Waals surface area contributed by atoms with Crippen molar-refractivity contribution in [2.45, 2.75) is 33.2 Å². The molecule has 4 rings (SSSR count). The molecule has 1 atom stereocenters. The van der Waals surface area contributed by atoms with Crippen molar-refractivity contribution in [2.24, 2.45) is 4.99 Å². The van der Waals surface area contributed by atoms with Gasteiger partial charge in [-0.25, -0.2) is 14.4 Å². The van der Waals surface area contributed by atoms with E-state index in [9.17, 15) is 4.39 Å². The highest BCUT2D eigenvalue weighted by Gasteiger charge is 2.28. The van der Waals surface area contributed by atoms with Crippen molar-refractivity contribution in [3.05, 3.63) is 63.9 Å². The number of halogens is 2. The van der Waals surface area contributed by atoms with Gasteiger partial charge in [0.05, 0.1) is 17.4 Å². The zero-order chi connectivity index (χ0) is 17.7. The van der Waals surface area contributed by atoms with Gasteiger partial charge in [0.25, 0.3) is 0 Å². The molecular formula is C19H18BrFN4. The summed E-state index contributed by atoms with van der Waals surface area (Å²) in [4.78, 5) is 11.2. The molecule has 2 aromatic rings. The first-order valence-electron chi connectivity index (χ1n) is 8.28. The van der Waals surface area contributed by atoms with Gasteiger partial charge in [0.15, 0.2) is 11.5 Å². The maximum atomic E-state index is 14.5. The smallest absolute Gasteiger partial charge is 0.173 e. The summed E-state index contributed by atoms with van der Waals surface area (Å²) < 4.78 is 17.3. The van der Waals surface area contributed by atoms with Crippen LogP contribution in [-0.2, 0) is 0 Å². The van der Waals surface area contributed by atoms with Crippen LogP contribution >= 0.6 is 15.9 Å². The topological polar surface area (TPSA) is 32.9 Å². The van der Waals surface area contributed by atoms with E-state index in [4.69, 9.17) is 4.99 Å². The summed E-state index contributed by atoms with van der Waals surface area (Å²) in [7, 11) is 0. The number of aryl methyl sites for hydroxylation is 1. The van der Waals surface area contributed by atoms with Gasteiger partial charge in [0, 0.05) is 28.6 Å². The lowest BCUT2D eigenvalue weighted by molar-refractivity contribution is 0.463. The van der Waals surface area contributed by atoms with Crippen LogP contribution in [0, 0.1) is 12.7 Å². The second-order valence-electron chi connectivity index (χ2n) is 6.32. The molecule has 4 heterocycles. The molecule has 2 aromatic heterocycles. The summed E-state index contributed by atoms with van der Waals surface area (Å²) in [5.41, 5.74) is 3.96. The molecule has 4 nitrogen and oxygen atoms in total. The number of imidazole rings is 1. The Labute approximate surface area is 154 Å². The second kappa shape index (κ2) is 5.95. The number of hydrogen-bond donors (Lipinski definition) is 0. The number of amidine groups is 1. The first-order chi connectivity index (χ1) is 12.0. The first kappa shape index (κ1) is 16.3. The summed E-state index contributed by atoms with van der Waals surface area (Å²) in [5.74, 6) is 0.538. The van der Waals surface area contributed by atoms with E-state index in [1.807, 2.05) is 37.7 Å². The van der Waals surface area contributed by atoms with Crippen LogP contribution in [0.1, 0.15) is 31.5 Å². The predicted molar refractivity (Wildman–Crippen MR) is 102 cm³/mol. The monoisotopic (exact) mass is 400 g/mol. The molecule has 0 aromatic carbocycles. The number of fused-ring (bicyclic) bond motifs is 2. The van der Waals surface area contributed by atoms with E-state index in [1.54, 1.807) is 4.40 Å². The molecule has 2 aliphatic heterocycles. The van der Waals surface area contributed by atoms with Crippen LogP contribution in [0.25, 0.3) is 11.3 Å². The molecule has 0 spiro atoms. The second-order valence-corrected chi connectivity index (χ2v) is 7.23. The van der Waals surface area contributed by atoms with Gasteiger partial charge < -0.3 is 9.30 Å². The minimum absolute atomic E-state index is 0.160. The number of pyridine rings is 1. The Bertz CT molecular complexity index is 996. The highest BCUT2D eigenvalue weighted by molar-refractivity contribution is 9.11. The lowest BCUT2D eigenvalue weighted by atomic mass is 9.96. The number of nitrogens with zero attached hydrogens (tertiary/aromatic N) is 4. The molecule has 2 aliphatic rings. The Kier molecular flexibility index (Phi) is 3.87. The predicted octanol–water partition coefficient (Wildman–Crippen LogP) is 4.81. The molecule has 0 amide bonds. The standard InChI is InChI=1S/C19H18BrFN4/c1-4-15-12(3)25-10-14(20)5-6-17(25)23-18(15)13-7-16(21)19-22-11(2)8-24(19)9-13/h5-10,12H,4H2,1-3H3. The van der Waals surface area contributed by atoms with Crippen molar-refractivity contribution in [3.8, 4) is 0 Å². The molecule has 25 heavy (non-hydrogen) atoms. The fourth-order valence-corrected chi connectivity index (χ4v) is 3.81. The van der Waals surface area contributed by atoms with Gasteiger partial charge in [0.2, 0.25) is 0 Å². The number of rotatable bonds is 2. The van der Waals surface area contributed by atoms with E-state index >= 15 is 0 Å². The van der Waals surface area contributed by atoms with Crippen LogP contribution in [0.2, 0.25) is 0 Å². The van der Waals surface area contributed by atoms with Gasteiger partial charge in [-0.1, -0.05) is 6.92 Å². The summed E-state index contributed by atoms with van der Waals surface area (Å²) in [6.07, 6.45) is 10.6. The van der Waals surface area contributed by atoms with E-state index in [-0.39, 0.29) is 11.9 Å². The quantitative estimate of drug-likeness (QED) is 0.724. The molecule has 6 heteroatoms. The summed E-state index contributed by atoms with van der Waals surface area (Å²) in [6, 6.07) is 1.70. The molecule has 0 radical (unpaired) electrons. The Balaban J connectivity index is 1.90. The van der Waals surface area contributed by atoms with Crippen molar-refractivity contribution in [1.29, 1.82) is 0 Å². The van der Waals surface area contributed by atoms with Crippen molar-refractivity contribution >= 4 is 33.1 Å². The largest absolute Gasteiger partial charge is 0.325 e. The minimum Gasteiger partial charge on any atom is -0.325 e. The molecular weight excluding hydrogens is 383 g/mol. The summed E-state index contributed by atoms with van der Waals surface area (Å²) in [5, 5.41) is 0. The first-order valence-corrected chi connectivity index (χ1v) is 9.08. The van der Waals surface area contributed by atoms with Crippen LogP contribution in [0.3, 0.4) is 0 Å². The van der Waals surface area contributed by atoms with Crippen molar-refractivity contribution in [1.82, 2.24) is 14.3 Å². The van der Waals surface area contributed by atoms with Gasteiger partial charge >= 0.3 is 0 Å². The molecule has 0 saturated carbocycles. The maximum absolute atomic E-state index is 14.5. The van der Waals surface area contributed by atoms with E-state index in [2.05, 4.69) is 39.7 Å². The molecule has 128 valence electrons.